The van der Waals surface area contributed by atoms with E-state index in [1.165, 1.54) is 12.1 Å². The van der Waals surface area contributed by atoms with Crippen LogP contribution in [0.5, 0.6) is 5.75 Å². The fourth-order valence-corrected chi connectivity index (χ4v) is 1.69. The van der Waals surface area contributed by atoms with E-state index in [4.69, 9.17) is 9.26 Å². The van der Waals surface area contributed by atoms with Crippen LogP contribution in [0.4, 0.5) is 5.69 Å². The molecule has 8 nitrogen and oxygen atoms in total. The molecule has 0 fully saturated rings. The Hall–Kier alpha value is -2.48. The summed E-state index contributed by atoms with van der Waals surface area (Å²) in [5, 5.41) is 17.4. The second-order valence-corrected chi connectivity index (χ2v) is 4.10. The van der Waals surface area contributed by atoms with Gasteiger partial charge in [-0.1, -0.05) is 5.16 Å². The van der Waals surface area contributed by atoms with E-state index in [1.54, 1.807) is 20.0 Å². The van der Waals surface area contributed by atoms with Crippen molar-refractivity contribution in [3.63, 3.8) is 0 Å². The van der Waals surface area contributed by atoms with Crippen LogP contribution < -0.4 is 10.1 Å². The molecule has 2 aromatic rings. The van der Waals surface area contributed by atoms with Gasteiger partial charge in [0.2, 0.25) is 11.7 Å². The van der Waals surface area contributed by atoms with E-state index in [-0.39, 0.29) is 12.3 Å². The van der Waals surface area contributed by atoms with Gasteiger partial charge in [0.25, 0.3) is 5.69 Å². The highest BCUT2D eigenvalue weighted by Gasteiger charge is 2.12. The zero-order valence-corrected chi connectivity index (χ0v) is 11.1. The molecule has 1 N–H and O–H groups in total. The van der Waals surface area contributed by atoms with E-state index in [1.807, 2.05) is 0 Å². The fraction of sp³-hybridized carbons (Fsp3) is 0.333. The number of aromatic nitrogens is 2. The first kappa shape index (κ1) is 13.9. The van der Waals surface area contributed by atoms with Crippen LogP contribution >= 0.6 is 0 Å². The Morgan fingerprint density at radius 1 is 1.50 bits per heavy atom. The van der Waals surface area contributed by atoms with Crippen LogP contribution in [-0.4, -0.2) is 22.1 Å². The van der Waals surface area contributed by atoms with Gasteiger partial charge in [-0.15, -0.1) is 0 Å². The van der Waals surface area contributed by atoms with Gasteiger partial charge in [-0.25, -0.2) is 0 Å². The summed E-state index contributed by atoms with van der Waals surface area (Å²) < 4.78 is 10.4. The first-order valence-electron chi connectivity index (χ1n) is 5.94. The second-order valence-electron chi connectivity index (χ2n) is 4.10. The molecule has 0 aliphatic rings. The van der Waals surface area contributed by atoms with Crippen molar-refractivity contribution in [1.82, 2.24) is 15.5 Å². The smallest absolute Gasteiger partial charge is 0.270 e. The van der Waals surface area contributed by atoms with Crippen molar-refractivity contribution in [3.8, 4) is 5.75 Å². The molecule has 2 rings (SSSR count). The summed E-state index contributed by atoms with van der Waals surface area (Å²) in [6.07, 6.45) is 0. The molecule has 8 heteroatoms. The zero-order valence-electron chi connectivity index (χ0n) is 11.1. The van der Waals surface area contributed by atoms with Crippen molar-refractivity contribution in [2.75, 3.05) is 7.05 Å². The predicted octanol–water partition coefficient (Wildman–Crippen LogP) is 1.58. The summed E-state index contributed by atoms with van der Waals surface area (Å²) in [6.45, 7) is 2.29. The van der Waals surface area contributed by atoms with E-state index >= 15 is 0 Å². The second kappa shape index (κ2) is 6.11. The van der Waals surface area contributed by atoms with E-state index in [9.17, 15) is 10.1 Å². The predicted molar refractivity (Wildman–Crippen MR) is 69.2 cm³/mol. The Kier molecular flexibility index (Phi) is 4.26. The molecule has 1 aromatic heterocycles. The van der Waals surface area contributed by atoms with Gasteiger partial charge in [0, 0.05) is 31.2 Å². The highest BCUT2D eigenvalue weighted by molar-refractivity contribution is 5.43. The maximum atomic E-state index is 10.8. The third-order valence-electron chi connectivity index (χ3n) is 2.55. The molecule has 106 valence electrons. The SMILES string of the molecule is CNCc1cc([N+](=O)[O-])ccc1OCc1noc(C)n1. The number of ether oxygens (including phenoxy) is 1. The molecule has 0 spiro atoms. The van der Waals surface area contributed by atoms with Crippen molar-refractivity contribution >= 4 is 5.69 Å². The topological polar surface area (TPSA) is 103 Å². The van der Waals surface area contributed by atoms with E-state index in [0.717, 1.165) is 0 Å². The molecule has 0 radical (unpaired) electrons. The summed E-state index contributed by atoms with van der Waals surface area (Å²) in [5.74, 6) is 1.44. The summed E-state index contributed by atoms with van der Waals surface area (Å²) >= 11 is 0. The first-order chi connectivity index (χ1) is 9.60. The number of aryl methyl sites for hydroxylation is 1. The lowest BCUT2D eigenvalue weighted by Gasteiger charge is -2.09. The van der Waals surface area contributed by atoms with Gasteiger partial charge in [-0.05, 0) is 13.1 Å². The fourth-order valence-electron chi connectivity index (χ4n) is 1.69. The highest BCUT2D eigenvalue weighted by Crippen LogP contribution is 2.24. The van der Waals surface area contributed by atoms with Gasteiger partial charge in [0.05, 0.1) is 4.92 Å². The molecule has 1 aromatic carbocycles. The molecule has 1 heterocycles. The number of hydrogen-bond acceptors (Lipinski definition) is 7. The van der Waals surface area contributed by atoms with Crippen LogP contribution in [-0.2, 0) is 13.2 Å². The standard InChI is InChI=1S/C12H14N4O4/c1-8-14-12(15-20-8)7-19-11-4-3-10(16(17)18)5-9(11)6-13-2/h3-5,13H,6-7H2,1-2H3. The summed E-state index contributed by atoms with van der Waals surface area (Å²) in [5.41, 5.74) is 0.722. The molecule has 20 heavy (non-hydrogen) atoms. The van der Waals surface area contributed by atoms with Gasteiger partial charge >= 0.3 is 0 Å². The molecule has 0 aliphatic heterocycles. The molecular formula is C12H14N4O4. The Bertz CT molecular complexity index is 611. The Balaban J connectivity index is 2.15. The number of nitro benzene ring substituents is 1. The minimum absolute atomic E-state index is 0.0259. The average Bonchev–Trinajstić information content (AvgIpc) is 2.83. The average molecular weight is 278 g/mol. The number of nitrogens with zero attached hydrogens (tertiary/aromatic N) is 3. The summed E-state index contributed by atoms with van der Waals surface area (Å²) in [4.78, 5) is 14.3. The highest BCUT2D eigenvalue weighted by atomic mass is 16.6. The Labute approximate surface area is 114 Å². The van der Waals surface area contributed by atoms with Gasteiger partial charge < -0.3 is 14.6 Å². The Morgan fingerprint density at radius 2 is 2.30 bits per heavy atom. The van der Waals surface area contributed by atoms with Crippen molar-refractivity contribution < 1.29 is 14.2 Å². The van der Waals surface area contributed by atoms with Crippen LogP contribution in [0.2, 0.25) is 0 Å². The van der Waals surface area contributed by atoms with Crippen LogP contribution in [0.25, 0.3) is 0 Å². The maximum Gasteiger partial charge on any atom is 0.270 e. The van der Waals surface area contributed by atoms with Crippen molar-refractivity contribution in [2.24, 2.45) is 0 Å². The minimum atomic E-state index is -0.439. The molecule has 0 unspecified atom stereocenters. The number of nitrogens with one attached hydrogen (secondary N) is 1. The van der Waals surface area contributed by atoms with Crippen LogP contribution in [0.15, 0.2) is 22.7 Å². The summed E-state index contributed by atoms with van der Waals surface area (Å²) in [6, 6.07) is 4.45. The molecular weight excluding hydrogens is 264 g/mol. The van der Waals surface area contributed by atoms with Gasteiger partial charge in [0.15, 0.2) is 6.61 Å². The minimum Gasteiger partial charge on any atom is -0.485 e. The Morgan fingerprint density at radius 3 is 2.90 bits per heavy atom. The number of hydrogen-bond donors (Lipinski definition) is 1. The van der Waals surface area contributed by atoms with Crippen molar-refractivity contribution in [2.45, 2.75) is 20.1 Å². The normalized spacial score (nSPS) is 10.5. The van der Waals surface area contributed by atoms with Crippen LogP contribution in [0, 0.1) is 17.0 Å². The third-order valence-corrected chi connectivity index (χ3v) is 2.55. The lowest BCUT2D eigenvalue weighted by molar-refractivity contribution is -0.384. The largest absolute Gasteiger partial charge is 0.485 e. The molecule has 0 aliphatic carbocycles. The zero-order chi connectivity index (χ0) is 14.5. The number of rotatable bonds is 6. The number of benzene rings is 1. The molecule has 0 amide bonds. The molecule has 0 atom stereocenters. The molecule has 0 bridgehead atoms. The number of nitro groups is 1. The van der Waals surface area contributed by atoms with Crippen LogP contribution in [0.3, 0.4) is 0 Å². The van der Waals surface area contributed by atoms with E-state index in [2.05, 4.69) is 15.5 Å². The van der Waals surface area contributed by atoms with E-state index in [0.29, 0.717) is 29.6 Å². The van der Waals surface area contributed by atoms with Crippen molar-refractivity contribution in [3.05, 3.63) is 45.6 Å². The van der Waals surface area contributed by atoms with Crippen molar-refractivity contribution in [1.29, 1.82) is 0 Å². The monoisotopic (exact) mass is 278 g/mol. The first-order valence-corrected chi connectivity index (χ1v) is 5.94. The molecule has 0 saturated carbocycles. The van der Waals surface area contributed by atoms with Gasteiger partial charge in [0.1, 0.15) is 5.75 Å². The maximum absolute atomic E-state index is 10.8. The van der Waals surface area contributed by atoms with Crippen LogP contribution in [0.1, 0.15) is 17.3 Å². The number of non-ortho nitro benzene ring substituents is 1. The quantitative estimate of drug-likeness (QED) is 0.632. The lowest BCUT2D eigenvalue weighted by Crippen LogP contribution is -2.08. The molecule has 0 saturated heterocycles. The third kappa shape index (κ3) is 3.29. The van der Waals surface area contributed by atoms with Gasteiger partial charge in [-0.2, -0.15) is 4.98 Å². The van der Waals surface area contributed by atoms with E-state index < -0.39 is 4.92 Å². The lowest BCUT2D eigenvalue weighted by atomic mass is 10.2. The van der Waals surface area contributed by atoms with Gasteiger partial charge in [-0.3, -0.25) is 10.1 Å². The summed E-state index contributed by atoms with van der Waals surface area (Å²) in [7, 11) is 1.76.